The van der Waals surface area contributed by atoms with Crippen LogP contribution in [-0.2, 0) is 0 Å². The Labute approximate surface area is 138 Å². The molecule has 1 heterocycles. The number of carbonyl (C=O) groups is 2. The summed E-state index contributed by atoms with van der Waals surface area (Å²) in [5, 5.41) is 0. The Balaban J connectivity index is 2.11. The maximum Gasteiger partial charge on any atom is 0.401 e. The van der Waals surface area contributed by atoms with Gasteiger partial charge < -0.3 is 10.6 Å². The minimum absolute atomic E-state index is 0.137. The van der Waals surface area contributed by atoms with Gasteiger partial charge in [-0.3, -0.25) is 14.5 Å². The number of halogens is 3. The van der Waals surface area contributed by atoms with Gasteiger partial charge in [-0.25, -0.2) is 0 Å². The van der Waals surface area contributed by atoms with E-state index in [1.54, 1.807) is 18.7 Å². The van der Waals surface area contributed by atoms with Gasteiger partial charge in [-0.1, -0.05) is 0 Å². The van der Waals surface area contributed by atoms with Crippen molar-refractivity contribution in [3.8, 4) is 0 Å². The molecule has 8 heteroatoms. The smallest absolute Gasteiger partial charge is 0.366 e. The van der Waals surface area contributed by atoms with E-state index in [2.05, 4.69) is 0 Å². The lowest BCUT2D eigenvalue weighted by molar-refractivity contribution is -0.153. The number of primary amides is 1. The van der Waals surface area contributed by atoms with E-state index in [1.807, 2.05) is 0 Å². The number of piperazine rings is 1. The largest absolute Gasteiger partial charge is 0.401 e. The van der Waals surface area contributed by atoms with Gasteiger partial charge in [0.25, 0.3) is 5.91 Å². The molecular weight excluding hydrogens is 323 g/mol. The third-order valence-electron chi connectivity index (χ3n) is 4.05. The van der Waals surface area contributed by atoms with Crippen molar-refractivity contribution in [2.45, 2.75) is 25.6 Å². The molecule has 0 bridgehead atoms. The highest BCUT2D eigenvalue weighted by Gasteiger charge is 2.40. The number of amides is 2. The molecule has 0 spiro atoms. The topological polar surface area (TPSA) is 66.6 Å². The number of carbonyl (C=O) groups excluding carboxylic acids is 2. The first-order valence-corrected chi connectivity index (χ1v) is 7.50. The van der Waals surface area contributed by atoms with E-state index in [9.17, 15) is 22.8 Å². The summed E-state index contributed by atoms with van der Waals surface area (Å²) < 4.78 is 37.7. The molecule has 5 nitrogen and oxygen atoms in total. The van der Waals surface area contributed by atoms with Crippen molar-refractivity contribution in [3.05, 3.63) is 35.4 Å². The molecule has 2 rings (SSSR count). The van der Waals surface area contributed by atoms with Crippen molar-refractivity contribution in [2.75, 3.05) is 26.2 Å². The molecule has 24 heavy (non-hydrogen) atoms. The fourth-order valence-electron chi connectivity index (χ4n) is 2.95. The lowest BCUT2D eigenvalue weighted by Gasteiger charge is -2.47. The molecule has 2 amide bonds. The molecule has 2 N–H and O–H groups in total. The second kappa shape index (κ2) is 6.43. The summed E-state index contributed by atoms with van der Waals surface area (Å²) in [5.74, 6) is -0.863. The average molecular weight is 343 g/mol. The Morgan fingerprint density at radius 2 is 1.67 bits per heavy atom. The van der Waals surface area contributed by atoms with Crippen LogP contribution in [0.2, 0.25) is 0 Å². The molecule has 0 aromatic heterocycles. The Morgan fingerprint density at radius 3 is 2.12 bits per heavy atom. The number of hydrogen-bond acceptors (Lipinski definition) is 3. The molecule has 1 aliphatic heterocycles. The Kier molecular flexibility index (Phi) is 4.89. The molecule has 1 aromatic rings. The van der Waals surface area contributed by atoms with Crippen molar-refractivity contribution >= 4 is 11.8 Å². The van der Waals surface area contributed by atoms with Gasteiger partial charge in [-0.2, -0.15) is 13.2 Å². The number of benzene rings is 1. The molecule has 0 radical (unpaired) electrons. The quantitative estimate of drug-likeness (QED) is 0.911. The van der Waals surface area contributed by atoms with Crippen LogP contribution in [-0.4, -0.2) is 59.5 Å². The molecule has 1 aliphatic rings. The van der Waals surface area contributed by atoms with Gasteiger partial charge in [-0.15, -0.1) is 0 Å². The monoisotopic (exact) mass is 343 g/mol. The maximum atomic E-state index is 12.7. The highest BCUT2D eigenvalue weighted by molar-refractivity contribution is 5.97. The van der Waals surface area contributed by atoms with E-state index in [-0.39, 0.29) is 25.5 Å². The first-order chi connectivity index (χ1) is 11.0. The van der Waals surface area contributed by atoms with Gasteiger partial charge in [0.15, 0.2) is 0 Å². The van der Waals surface area contributed by atoms with E-state index in [4.69, 9.17) is 5.73 Å². The molecule has 1 fully saturated rings. The summed E-state index contributed by atoms with van der Waals surface area (Å²) in [6, 6.07) is 5.92. The third kappa shape index (κ3) is 4.25. The van der Waals surface area contributed by atoms with E-state index in [0.29, 0.717) is 11.1 Å². The van der Waals surface area contributed by atoms with Gasteiger partial charge in [-0.05, 0) is 38.1 Å². The number of rotatable bonds is 3. The van der Waals surface area contributed by atoms with Crippen LogP contribution in [0.3, 0.4) is 0 Å². The Hall–Kier alpha value is -2.09. The third-order valence-corrected chi connectivity index (χ3v) is 4.05. The first kappa shape index (κ1) is 18.3. The second-order valence-corrected chi connectivity index (χ2v) is 6.54. The molecule has 0 unspecified atom stereocenters. The minimum Gasteiger partial charge on any atom is -0.366 e. The van der Waals surface area contributed by atoms with E-state index < -0.39 is 24.2 Å². The van der Waals surface area contributed by atoms with Gasteiger partial charge in [0.2, 0.25) is 5.91 Å². The van der Waals surface area contributed by atoms with Crippen LogP contribution in [0.5, 0.6) is 0 Å². The number of hydrogen-bond donors (Lipinski definition) is 1. The Bertz CT molecular complexity index is 626. The zero-order valence-electron chi connectivity index (χ0n) is 13.6. The van der Waals surface area contributed by atoms with Crippen molar-refractivity contribution in [1.82, 2.24) is 9.80 Å². The van der Waals surface area contributed by atoms with Crippen LogP contribution < -0.4 is 5.73 Å². The molecule has 0 atom stereocenters. The van der Waals surface area contributed by atoms with E-state index >= 15 is 0 Å². The van der Waals surface area contributed by atoms with Crippen molar-refractivity contribution in [3.63, 3.8) is 0 Å². The summed E-state index contributed by atoms with van der Waals surface area (Å²) in [6.07, 6.45) is -4.26. The van der Waals surface area contributed by atoms with E-state index in [1.165, 1.54) is 29.2 Å². The standard InChI is InChI=1S/C16H20F3N3O2/c1-15(2)9-21(10-16(17,18)19)7-8-22(15)14(24)12-5-3-11(4-6-12)13(20)23/h3-6H,7-10H2,1-2H3,(H2,20,23). The zero-order valence-corrected chi connectivity index (χ0v) is 13.6. The first-order valence-electron chi connectivity index (χ1n) is 7.50. The van der Waals surface area contributed by atoms with E-state index in [0.717, 1.165) is 0 Å². The fourth-order valence-corrected chi connectivity index (χ4v) is 2.95. The lowest BCUT2D eigenvalue weighted by atomic mass is 9.97. The highest BCUT2D eigenvalue weighted by Crippen LogP contribution is 2.26. The van der Waals surface area contributed by atoms with Crippen LogP contribution >= 0.6 is 0 Å². The summed E-state index contributed by atoms with van der Waals surface area (Å²) in [5.41, 5.74) is 5.09. The number of nitrogens with two attached hydrogens (primary N) is 1. The molecule has 1 aromatic carbocycles. The molecule has 1 saturated heterocycles. The van der Waals surface area contributed by atoms with Gasteiger partial charge >= 0.3 is 6.18 Å². The number of nitrogens with zero attached hydrogens (tertiary/aromatic N) is 2. The summed E-state index contributed by atoms with van der Waals surface area (Å²) in [4.78, 5) is 26.6. The normalized spacial score (nSPS) is 18.5. The van der Waals surface area contributed by atoms with Crippen LogP contribution in [0.1, 0.15) is 34.6 Å². The molecule has 132 valence electrons. The van der Waals surface area contributed by atoms with Crippen LogP contribution in [0.4, 0.5) is 13.2 Å². The summed E-state index contributed by atoms with van der Waals surface area (Å²) in [7, 11) is 0. The minimum atomic E-state index is -4.26. The lowest BCUT2D eigenvalue weighted by Crippen LogP contribution is -2.62. The van der Waals surface area contributed by atoms with Crippen LogP contribution in [0, 0.1) is 0 Å². The molecular formula is C16H20F3N3O2. The summed E-state index contributed by atoms with van der Waals surface area (Å²) >= 11 is 0. The second-order valence-electron chi connectivity index (χ2n) is 6.54. The van der Waals surface area contributed by atoms with Crippen molar-refractivity contribution in [1.29, 1.82) is 0 Å². The Morgan fingerprint density at radius 1 is 1.12 bits per heavy atom. The van der Waals surface area contributed by atoms with Crippen molar-refractivity contribution in [2.24, 2.45) is 5.73 Å². The maximum absolute atomic E-state index is 12.7. The highest BCUT2D eigenvalue weighted by atomic mass is 19.4. The number of alkyl halides is 3. The van der Waals surface area contributed by atoms with Gasteiger partial charge in [0.05, 0.1) is 12.1 Å². The predicted molar refractivity (Wildman–Crippen MR) is 82.6 cm³/mol. The van der Waals surface area contributed by atoms with Crippen molar-refractivity contribution < 1.29 is 22.8 Å². The fraction of sp³-hybridized carbons (Fsp3) is 0.500. The molecule has 0 saturated carbocycles. The predicted octanol–water partition coefficient (Wildman–Crippen LogP) is 1.88. The van der Waals surface area contributed by atoms with Crippen LogP contribution in [0.25, 0.3) is 0 Å². The SMILES string of the molecule is CC1(C)CN(CC(F)(F)F)CCN1C(=O)c1ccc(C(N)=O)cc1. The average Bonchev–Trinajstić information content (AvgIpc) is 2.44. The zero-order chi connectivity index (χ0) is 18.1. The van der Waals surface area contributed by atoms with Crippen LogP contribution in [0.15, 0.2) is 24.3 Å². The molecule has 0 aliphatic carbocycles. The summed E-state index contributed by atoms with van der Waals surface area (Å²) in [6.45, 7) is 3.01. The van der Waals surface area contributed by atoms with Gasteiger partial charge in [0.1, 0.15) is 0 Å². The van der Waals surface area contributed by atoms with Gasteiger partial charge in [0, 0.05) is 30.8 Å².